The molecule has 0 spiro atoms. The van der Waals surface area contributed by atoms with Gasteiger partial charge in [-0.3, -0.25) is 0 Å². The molecule has 0 amide bonds. The summed E-state index contributed by atoms with van der Waals surface area (Å²) in [4.78, 5) is 0. The topological polar surface area (TPSA) is 44.5 Å². The molecule has 1 aromatic carbocycles. The van der Waals surface area contributed by atoms with E-state index in [9.17, 15) is 4.39 Å². The second-order valence-corrected chi connectivity index (χ2v) is 4.46. The van der Waals surface area contributed by atoms with E-state index in [-0.39, 0.29) is 23.3 Å². The maximum absolute atomic E-state index is 13.2. The van der Waals surface area contributed by atoms with E-state index in [0.29, 0.717) is 12.4 Å². The highest BCUT2D eigenvalue weighted by atomic mass is 35.5. The molecule has 3 unspecified atom stereocenters. The van der Waals surface area contributed by atoms with Crippen LogP contribution in [-0.2, 0) is 4.74 Å². The monoisotopic (exact) mass is 259 g/mol. The highest BCUT2D eigenvalue weighted by Crippen LogP contribution is 2.29. The van der Waals surface area contributed by atoms with Gasteiger partial charge in [-0.25, -0.2) is 4.39 Å². The van der Waals surface area contributed by atoms with Crippen molar-refractivity contribution >= 4 is 11.6 Å². The van der Waals surface area contributed by atoms with Crippen LogP contribution in [0.4, 0.5) is 4.39 Å². The van der Waals surface area contributed by atoms with Crippen molar-refractivity contribution in [3.63, 3.8) is 0 Å². The summed E-state index contributed by atoms with van der Waals surface area (Å²) in [6, 6.07) is 4.38. The highest BCUT2D eigenvalue weighted by molar-refractivity contribution is 6.30. The van der Waals surface area contributed by atoms with Crippen LogP contribution >= 0.6 is 11.6 Å². The summed E-state index contributed by atoms with van der Waals surface area (Å²) in [7, 11) is 0. The molecule has 1 fully saturated rings. The summed E-state index contributed by atoms with van der Waals surface area (Å²) in [5, 5.41) is 0.0871. The maximum Gasteiger partial charge on any atom is 0.145 e. The maximum atomic E-state index is 13.2. The SMILES string of the molecule is CCOC1C(N)CC1Oc1ccc(Cl)c(F)c1. The zero-order valence-corrected chi connectivity index (χ0v) is 10.3. The van der Waals surface area contributed by atoms with Gasteiger partial charge in [0.15, 0.2) is 0 Å². The van der Waals surface area contributed by atoms with Crippen molar-refractivity contribution in [1.29, 1.82) is 0 Å². The molecule has 94 valence electrons. The molecule has 3 atom stereocenters. The summed E-state index contributed by atoms with van der Waals surface area (Å²) in [5.41, 5.74) is 5.81. The number of halogens is 2. The Hall–Kier alpha value is -0.840. The molecule has 0 radical (unpaired) electrons. The summed E-state index contributed by atoms with van der Waals surface area (Å²) in [6.07, 6.45) is 0.499. The molecule has 1 aromatic rings. The van der Waals surface area contributed by atoms with E-state index in [1.807, 2.05) is 6.92 Å². The highest BCUT2D eigenvalue weighted by Gasteiger charge is 2.41. The lowest BCUT2D eigenvalue weighted by atomic mass is 9.86. The van der Waals surface area contributed by atoms with Crippen LogP contribution < -0.4 is 10.5 Å². The van der Waals surface area contributed by atoms with Crippen LogP contribution in [0.2, 0.25) is 5.02 Å². The first-order valence-electron chi connectivity index (χ1n) is 5.60. The van der Waals surface area contributed by atoms with E-state index in [0.717, 1.165) is 6.42 Å². The van der Waals surface area contributed by atoms with E-state index < -0.39 is 5.82 Å². The van der Waals surface area contributed by atoms with Crippen LogP contribution in [0, 0.1) is 5.82 Å². The van der Waals surface area contributed by atoms with Crippen LogP contribution in [0.5, 0.6) is 5.75 Å². The average Bonchev–Trinajstić information content (AvgIpc) is 2.30. The molecule has 1 aliphatic carbocycles. The Labute approximate surface area is 105 Å². The van der Waals surface area contributed by atoms with E-state index in [4.69, 9.17) is 26.8 Å². The van der Waals surface area contributed by atoms with Gasteiger partial charge in [-0.1, -0.05) is 11.6 Å². The molecule has 3 nitrogen and oxygen atoms in total. The van der Waals surface area contributed by atoms with E-state index in [1.54, 1.807) is 6.07 Å². The normalized spacial score (nSPS) is 27.6. The van der Waals surface area contributed by atoms with Gasteiger partial charge in [0.2, 0.25) is 0 Å². The van der Waals surface area contributed by atoms with Gasteiger partial charge in [0.25, 0.3) is 0 Å². The van der Waals surface area contributed by atoms with Crippen molar-refractivity contribution in [1.82, 2.24) is 0 Å². The van der Waals surface area contributed by atoms with Gasteiger partial charge in [-0.2, -0.15) is 0 Å². The van der Waals surface area contributed by atoms with E-state index in [1.165, 1.54) is 12.1 Å². The van der Waals surface area contributed by atoms with Crippen molar-refractivity contribution in [3.05, 3.63) is 29.0 Å². The van der Waals surface area contributed by atoms with Crippen LogP contribution in [0.3, 0.4) is 0 Å². The van der Waals surface area contributed by atoms with Crippen LogP contribution in [0.15, 0.2) is 18.2 Å². The van der Waals surface area contributed by atoms with Crippen LogP contribution in [-0.4, -0.2) is 24.9 Å². The average molecular weight is 260 g/mol. The Kier molecular flexibility index (Phi) is 3.86. The van der Waals surface area contributed by atoms with Gasteiger partial charge in [0.05, 0.1) is 5.02 Å². The Balaban J connectivity index is 1.99. The van der Waals surface area contributed by atoms with Gasteiger partial charge < -0.3 is 15.2 Å². The first kappa shape index (κ1) is 12.6. The fourth-order valence-electron chi connectivity index (χ4n) is 1.88. The second-order valence-electron chi connectivity index (χ2n) is 4.05. The third-order valence-corrected chi connectivity index (χ3v) is 3.14. The number of ether oxygens (including phenoxy) is 2. The standard InChI is InChI=1S/C12H15ClFNO2/c1-2-16-12-10(15)6-11(12)17-7-3-4-8(13)9(14)5-7/h3-5,10-12H,2,6,15H2,1H3. The minimum atomic E-state index is -0.485. The molecular weight excluding hydrogens is 245 g/mol. The van der Waals surface area contributed by atoms with E-state index in [2.05, 4.69) is 0 Å². The molecule has 1 saturated carbocycles. The van der Waals surface area contributed by atoms with Gasteiger partial charge >= 0.3 is 0 Å². The minimum absolute atomic E-state index is 0.00269. The molecule has 0 saturated heterocycles. The fourth-order valence-corrected chi connectivity index (χ4v) is 2.00. The number of rotatable bonds is 4. The fraction of sp³-hybridized carbons (Fsp3) is 0.500. The summed E-state index contributed by atoms with van der Waals surface area (Å²) in [6.45, 7) is 2.50. The lowest BCUT2D eigenvalue weighted by Crippen LogP contribution is -2.59. The van der Waals surface area contributed by atoms with Crippen molar-refractivity contribution in [2.45, 2.75) is 31.6 Å². The minimum Gasteiger partial charge on any atom is -0.487 e. The Morgan fingerprint density at radius 1 is 1.53 bits per heavy atom. The third kappa shape index (κ3) is 2.70. The Morgan fingerprint density at radius 3 is 2.88 bits per heavy atom. The van der Waals surface area contributed by atoms with Gasteiger partial charge in [-0.15, -0.1) is 0 Å². The van der Waals surface area contributed by atoms with Crippen molar-refractivity contribution in [3.8, 4) is 5.75 Å². The van der Waals surface area contributed by atoms with Crippen LogP contribution in [0.25, 0.3) is 0 Å². The van der Waals surface area contributed by atoms with Gasteiger partial charge in [0, 0.05) is 25.1 Å². The first-order valence-corrected chi connectivity index (χ1v) is 5.98. The zero-order valence-electron chi connectivity index (χ0n) is 9.53. The molecule has 0 bridgehead atoms. The lowest BCUT2D eigenvalue weighted by molar-refractivity contribution is -0.0946. The third-order valence-electron chi connectivity index (χ3n) is 2.83. The molecule has 2 rings (SSSR count). The van der Waals surface area contributed by atoms with Crippen molar-refractivity contribution in [2.24, 2.45) is 5.73 Å². The Bertz CT molecular complexity index is 402. The molecule has 2 N–H and O–H groups in total. The first-order chi connectivity index (χ1) is 8.11. The van der Waals surface area contributed by atoms with Crippen molar-refractivity contribution in [2.75, 3.05) is 6.61 Å². The predicted molar refractivity (Wildman–Crippen MR) is 63.8 cm³/mol. The molecule has 0 heterocycles. The smallest absolute Gasteiger partial charge is 0.145 e. The predicted octanol–water partition coefficient (Wildman–Crippen LogP) is 2.36. The molecule has 17 heavy (non-hydrogen) atoms. The van der Waals surface area contributed by atoms with E-state index >= 15 is 0 Å². The molecular formula is C12H15ClFNO2. The summed E-state index contributed by atoms with van der Waals surface area (Å²) >= 11 is 5.59. The summed E-state index contributed by atoms with van der Waals surface area (Å²) < 4.78 is 24.3. The number of hydrogen-bond donors (Lipinski definition) is 1. The molecule has 0 aliphatic heterocycles. The van der Waals surface area contributed by atoms with Crippen molar-refractivity contribution < 1.29 is 13.9 Å². The van der Waals surface area contributed by atoms with Gasteiger partial charge in [-0.05, 0) is 19.1 Å². The number of hydrogen-bond acceptors (Lipinski definition) is 3. The number of nitrogens with two attached hydrogens (primary N) is 1. The second kappa shape index (κ2) is 5.21. The zero-order chi connectivity index (χ0) is 12.4. The number of benzene rings is 1. The molecule has 5 heteroatoms. The van der Waals surface area contributed by atoms with Gasteiger partial charge in [0.1, 0.15) is 23.8 Å². The molecule has 1 aliphatic rings. The Morgan fingerprint density at radius 2 is 2.29 bits per heavy atom. The largest absolute Gasteiger partial charge is 0.487 e. The summed E-state index contributed by atoms with van der Waals surface area (Å²) in [5.74, 6) is -0.0331. The van der Waals surface area contributed by atoms with Crippen LogP contribution in [0.1, 0.15) is 13.3 Å². The quantitative estimate of drug-likeness (QED) is 0.903. The molecule has 0 aromatic heterocycles. The lowest BCUT2D eigenvalue weighted by Gasteiger charge is -2.41.